The molecule has 32 heavy (non-hydrogen) atoms. The quantitative estimate of drug-likeness (QED) is 0.216. The lowest BCUT2D eigenvalue weighted by atomic mass is 10.0. The van der Waals surface area contributed by atoms with E-state index in [0.29, 0.717) is 0 Å². The van der Waals surface area contributed by atoms with E-state index < -0.39 is 0 Å². The minimum Gasteiger partial charge on any atom is -0.494 e. The third-order valence-electron chi connectivity index (χ3n) is 6.20. The first-order valence-corrected chi connectivity index (χ1v) is 13.2. The normalized spacial score (nSPS) is 12.1. The molecule has 2 heteroatoms. The molecule has 1 unspecified atom stereocenters. The summed E-state index contributed by atoms with van der Waals surface area (Å²) in [5.74, 6) is 0.968. The van der Waals surface area contributed by atoms with Crippen LogP contribution in [-0.4, -0.2) is 13.2 Å². The van der Waals surface area contributed by atoms with E-state index in [0.717, 1.165) is 25.4 Å². The zero-order valence-corrected chi connectivity index (χ0v) is 20.9. The van der Waals surface area contributed by atoms with E-state index in [-0.39, 0.29) is 6.10 Å². The Hall–Kier alpha value is -1.80. The fourth-order valence-corrected chi connectivity index (χ4v) is 4.00. The summed E-state index contributed by atoms with van der Waals surface area (Å²) in [6.45, 7) is 8.35. The number of rotatable bonds is 18. The maximum Gasteiger partial charge on any atom is 0.119 e. The van der Waals surface area contributed by atoms with E-state index in [2.05, 4.69) is 69.3 Å². The minimum atomic E-state index is 0.150. The number of ether oxygens (including phenoxy) is 2. The molecule has 0 N–H and O–H groups in total. The van der Waals surface area contributed by atoms with Crippen molar-refractivity contribution in [2.45, 2.75) is 104 Å². The van der Waals surface area contributed by atoms with Crippen LogP contribution in [0.1, 0.15) is 109 Å². The van der Waals surface area contributed by atoms with Gasteiger partial charge in [0.15, 0.2) is 0 Å². The van der Waals surface area contributed by atoms with Crippen molar-refractivity contribution in [2.24, 2.45) is 0 Å². The number of hydrogen-bond donors (Lipinski definition) is 0. The van der Waals surface area contributed by atoms with Crippen molar-refractivity contribution in [3.05, 3.63) is 54.1 Å². The van der Waals surface area contributed by atoms with Gasteiger partial charge < -0.3 is 9.47 Å². The summed E-state index contributed by atoms with van der Waals surface area (Å²) in [7, 11) is 0. The molecule has 2 aromatic carbocycles. The van der Waals surface area contributed by atoms with Gasteiger partial charge in [-0.05, 0) is 48.6 Å². The molecule has 0 radical (unpaired) electrons. The molecule has 0 aliphatic heterocycles. The fourth-order valence-electron chi connectivity index (χ4n) is 4.00. The molecular formula is C30H46O2. The van der Waals surface area contributed by atoms with Crippen LogP contribution in [-0.2, 0) is 4.74 Å². The van der Waals surface area contributed by atoms with E-state index in [1.54, 1.807) is 0 Å². The fraction of sp³-hybridized carbons (Fsp3) is 0.600. The van der Waals surface area contributed by atoms with E-state index in [1.165, 1.54) is 87.3 Å². The standard InChI is InChI=1S/C30H46O2/c1-4-6-8-10-12-14-24-31-26(3)27-16-18-28(19-17-27)29-20-22-30(23-21-29)32-25-15-13-11-9-7-5-2/h16-23,26H,4-15,24-25H2,1-3H3. The van der Waals surface area contributed by atoms with Gasteiger partial charge in [0.05, 0.1) is 12.7 Å². The molecule has 0 heterocycles. The van der Waals surface area contributed by atoms with Crippen molar-refractivity contribution in [2.75, 3.05) is 13.2 Å². The first-order chi connectivity index (χ1) is 15.7. The van der Waals surface area contributed by atoms with Gasteiger partial charge >= 0.3 is 0 Å². The zero-order valence-electron chi connectivity index (χ0n) is 20.9. The Bertz CT molecular complexity index is 690. The molecule has 0 aliphatic carbocycles. The molecule has 0 fully saturated rings. The van der Waals surface area contributed by atoms with E-state index in [1.807, 2.05) is 0 Å². The molecule has 2 aromatic rings. The average molecular weight is 439 g/mol. The summed E-state index contributed by atoms with van der Waals surface area (Å²) < 4.78 is 12.0. The van der Waals surface area contributed by atoms with Crippen molar-refractivity contribution in [3.8, 4) is 16.9 Å². The van der Waals surface area contributed by atoms with Crippen molar-refractivity contribution in [3.63, 3.8) is 0 Å². The van der Waals surface area contributed by atoms with Gasteiger partial charge in [0.1, 0.15) is 5.75 Å². The summed E-state index contributed by atoms with van der Waals surface area (Å²) in [5, 5.41) is 0. The molecule has 0 aromatic heterocycles. The Morgan fingerprint density at radius 2 is 1.03 bits per heavy atom. The monoisotopic (exact) mass is 438 g/mol. The highest BCUT2D eigenvalue weighted by Crippen LogP contribution is 2.25. The van der Waals surface area contributed by atoms with Crippen LogP contribution in [0.2, 0.25) is 0 Å². The van der Waals surface area contributed by atoms with Gasteiger partial charge in [-0.1, -0.05) is 114 Å². The summed E-state index contributed by atoms with van der Waals surface area (Å²) in [5.41, 5.74) is 3.71. The highest BCUT2D eigenvalue weighted by Gasteiger charge is 2.06. The topological polar surface area (TPSA) is 18.5 Å². The second-order valence-electron chi connectivity index (χ2n) is 9.04. The predicted molar refractivity (Wildman–Crippen MR) is 138 cm³/mol. The molecule has 2 rings (SSSR count). The summed E-state index contributed by atoms with van der Waals surface area (Å²) in [6.07, 6.45) is 15.7. The second kappa shape index (κ2) is 16.8. The molecule has 1 atom stereocenters. The maximum atomic E-state index is 6.05. The van der Waals surface area contributed by atoms with Crippen LogP contribution in [0.25, 0.3) is 11.1 Å². The third kappa shape index (κ3) is 10.7. The third-order valence-corrected chi connectivity index (χ3v) is 6.20. The van der Waals surface area contributed by atoms with Gasteiger partial charge in [0.25, 0.3) is 0 Å². The predicted octanol–water partition coefficient (Wildman–Crippen LogP) is 9.53. The minimum absolute atomic E-state index is 0.150. The van der Waals surface area contributed by atoms with Gasteiger partial charge in [0.2, 0.25) is 0 Å². The van der Waals surface area contributed by atoms with Crippen LogP contribution in [0.3, 0.4) is 0 Å². The van der Waals surface area contributed by atoms with Gasteiger partial charge in [-0.3, -0.25) is 0 Å². The highest BCUT2D eigenvalue weighted by atomic mass is 16.5. The number of hydrogen-bond acceptors (Lipinski definition) is 2. The molecule has 0 saturated carbocycles. The Balaban J connectivity index is 1.69. The number of unbranched alkanes of at least 4 members (excludes halogenated alkanes) is 10. The maximum absolute atomic E-state index is 6.05. The molecule has 0 spiro atoms. The summed E-state index contributed by atoms with van der Waals surface area (Å²) >= 11 is 0. The van der Waals surface area contributed by atoms with Crippen LogP contribution in [0.15, 0.2) is 48.5 Å². The molecule has 0 saturated heterocycles. The highest BCUT2D eigenvalue weighted by molar-refractivity contribution is 5.64. The molecule has 0 aliphatic rings. The largest absolute Gasteiger partial charge is 0.494 e. The second-order valence-corrected chi connectivity index (χ2v) is 9.04. The Morgan fingerprint density at radius 1 is 0.562 bits per heavy atom. The van der Waals surface area contributed by atoms with Crippen molar-refractivity contribution in [1.29, 1.82) is 0 Å². The Kier molecular flexibility index (Phi) is 13.9. The van der Waals surface area contributed by atoms with E-state index >= 15 is 0 Å². The summed E-state index contributed by atoms with van der Waals surface area (Å²) in [6, 6.07) is 17.3. The van der Waals surface area contributed by atoms with E-state index in [9.17, 15) is 0 Å². The first-order valence-electron chi connectivity index (χ1n) is 13.2. The van der Waals surface area contributed by atoms with Gasteiger partial charge in [0, 0.05) is 6.61 Å². The van der Waals surface area contributed by atoms with Gasteiger partial charge in [-0.2, -0.15) is 0 Å². The smallest absolute Gasteiger partial charge is 0.119 e. The molecule has 0 amide bonds. The van der Waals surface area contributed by atoms with Crippen LogP contribution in [0.4, 0.5) is 0 Å². The Morgan fingerprint density at radius 3 is 1.59 bits per heavy atom. The van der Waals surface area contributed by atoms with Crippen LogP contribution >= 0.6 is 0 Å². The SMILES string of the molecule is CCCCCCCCOc1ccc(-c2ccc(C(C)OCCCCCCCC)cc2)cc1. The lowest BCUT2D eigenvalue weighted by molar-refractivity contribution is 0.0627. The van der Waals surface area contributed by atoms with Crippen molar-refractivity contribution in [1.82, 2.24) is 0 Å². The molecule has 2 nitrogen and oxygen atoms in total. The van der Waals surface area contributed by atoms with Crippen LogP contribution < -0.4 is 4.74 Å². The van der Waals surface area contributed by atoms with E-state index in [4.69, 9.17) is 9.47 Å². The van der Waals surface area contributed by atoms with Crippen LogP contribution in [0, 0.1) is 0 Å². The van der Waals surface area contributed by atoms with Crippen molar-refractivity contribution >= 4 is 0 Å². The first kappa shape index (κ1) is 26.5. The van der Waals surface area contributed by atoms with Crippen molar-refractivity contribution < 1.29 is 9.47 Å². The molecule has 178 valence electrons. The number of benzene rings is 2. The lowest BCUT2D eigenvalue weighted by Crippen LogP contribution is -2.01. The molecular weight excluding hydrogens is 392 g/mol. The van der Waals surface area contributed by atoms with Gasteiger partial charge in [-0.25, -0.2) is 0 Å². The Labute approximate surface area is 197 Å². The lowest BCUT2D eigenvalue weighted by Gasteiger charge is -2.14. The zero-order chi connectivity index (χ0) is 22.9. The summed E-state index contributed by atoms with van der Waals surface area (Å²) in [4.78, 5) is 0. The van der Waals surface area contributed by atoms with Crippen LogP contribution in [0.5, 0.6) is 5.75 Å². The van der Waals surface area contributed by atoms with Gasteiger partial charge in [-0.15, -0.1) is 0 Å². The molecule has 0 bridgehead atoms. The average Bonchev–Trinajstić information content (AvgIpc) is 2.83.